The molecule has 2 aromatic rings. The average Bonchev–Trinajstić information content (AvgIpc) is 2.91. The fourth-order valence-corrected chi connectivity index (χ4v) is 3.96. The lowest BCUT2D eigenvalue weighted by molar-refractivity contribution is 0.0255. The molecule has 7 heteroatoms. The van der Waals surface area contributed by atoms with Crippen LogP contribution in [0.2, 0.25) is 0 Å². The highest BCUT2D eigenvalue weighted by atomic mass is 16.6. The molecule has 3 rings (SSSR count). The highest BCUT2D eigenvalue weighted by Crippen LogP contribution is 2.50. The predicted molar refractivity (Wildman–Crippen MR) is 103 cm³/mol. The highest BCUT2D eigenvalue weighted by Gasteiger charge is 2.33. The van der Waals surface area contributed by atoms with Gasteiger partial charge in [0.2, 0.25) is 5.75 Å². The number of nitrogens with zero attached hydrogens (tertiary/aromatic N) is 1. The number of aryl methyl sites for hydroxylation is 1. The van der Waals surface area contributed by atoms with Crippen LogP contribution in [-0.4, -0.2) is 39.6 Å². The van der Waals surface area contributed by atoms with E-state index in [1.54, 1.807) is 33.5 Å². The predicted octanol–water partition coefficient (Wildman–Crippen LogP) is 3.26. The number of fused-ring (bicyclic) bond motifs is 1. The first kappa shape index (κ1) is 20.1. The van der Waals surface area contributed by atoms with Crippen molar-refractivity contribution in [3.05, 3.63) is 41.0 Å². The molecule has 0 aromatic heterocycles. The molecule has 0 fully saturated rings. The normalized spacial score (nSPS) is 18.8. The largest absolute Gasteiger partial charge is 0.504 e. The summed E-state index contributed by atoms with van der Waals surface area (Å²) in [6, 6.07) is 7.22. The van der Waals surface area contributed by atoms with Crippen LogP contribution in [0.1, 0.15) is 35.4 Å². The number of benzene rings is 2. The fraction of sp³-hybridized carbons (Fsp3) is 0.429. The highest BCUT2D eigenvalue weighted by molar-refractivity contribution is 5.62. The van der Waals surface area contributed by atoms with Gasteiger partial charge in [-0.25, -0.2) is 0 Å². The molecule has 2 aromatic carbocycles. The van der Waals surface area contributed by atoms with Gasteiger partial charge in [-0.15, -0.1) is 0 Å². The standard InChI is InChI=1S/C21H25NO6/c1-24-17-8-6-12(9-16(17)23)15-11-14(28-22)7-5-13-10-18(25-2)20(26-3)21(27-4)19(13)15/h6,8-10,14-15,23H,5,7,11H2,1-4H3. The van der Waals surface area contributed by atoms with Gasteiger partial charge in [-0.1, -0.05) is 6.07 Å². The quantitative estimate of drug-likeness (QED) is 0.605. The van der Waals surface area contributed by atoms with Crippen LogP contribution >= 0.6 is 0 Å². The molecule has 0 spiro atoms. The van der Waals surface area contributed by atoms with E-state index >= 15 is 0 Å². The van der Waals surface area contributed by atoms with Crippen LogP contribution in [0.4, 0.5) is 0 Å². The van der Waals surface area contributed by atoms with Gasteiger partial charge in [-0.3, -0.25) is 4.84 Å². The number of aromatic hydroxyl groups is 1. The number of hydrogen-bond acceptors (Lipinski definition) is 6. The van der Waals surface area contributed by atoms with Gasteiger partial charge >= 0.3 is 0 Å². The number of hydrogen-bond donors (Lipinski definition) is 1. The molecule has 1 aliphatic carbocycles. The van der Waals surface area contributed by atoms with Crippen molar-refractivity contribution in [2.75, 3.05) is 28.4 Å². The van der Waals surface area contributed by atoms with E-state index in [-0.39, 0.29) is 17.8 Å². The molecule has 1 aliphatic rings. The van der Waals surface area contributed by atoms with Gasteiger partial charge in [0.05, 0.1) is 34.5 Å². The zero-order valence-electron chi connectivity index (χ0n) is 16.5. The van der Waals surface area contributed by atoms with Gasteiger partial charge in [-0.05, 0) is 48.6 Å². The number of ether oxygens (including phenoxy) is 4. The summed E-state index contributed by atoms with van der Waals surface area (Å²) in [7, 11) is 6.24. The van der Waals surface area contributed by atoms with Crippen molar-refractivity contribution in [2.24, 2.45) is 0 Å². The molecular formula is C21H25NO6. The summed E-state index contributed by atoms with van der Waals surface area (Å²) in [6.07, 6.45) is 1.47. The van der Waals surface area contributed by atoms with E-state index < -0.39 is 0 Å². The summed E-state index contributed by atoms with van der Waals surface area (Å²) in [5.74, 6) is 11.3. The second kappa shape index (κ2) is 8.58. The van der Waals surface area contributed by atoms with Crippen molar-refractivity contribution in [1.29, 1.82) is 0 Å². The van der Waals surface area contributed by atoms with E-state index in [0.717, 1.165) is 16.7 Å². The second-order valence-electron chi connectivity index (χ2n) is 6.70. The maximum Gasteiger partial charge on any atom is 0.203 e. The average molecular weight is 387 g/mol. The van der Waals surface area contributed by atoms with Crippen molar-refractivity contribution in [1.82, 2.24) is 5.90 Å². The van der Waals surface area contributed by atoms with Crippen LogP contribution < -0.4 is 24.8 Å². The molecule has 0 saturated carbocycles. The number of methoxy groups -OCH3 is 4. The van der Waals surface area contributed by atoms with Crippen molar-refractivity contribution < 1.29 is 28.9 Å². The minimum atomic E-state index is -0.358. The SMILES string of the molecule is COc1ccc(C2CC(O[N])CCc3cc(OC)c(OC)c(OC)c32)cc1O. The van der Waals surface area contributed by atoms with E-state index in [4.69, 9.17) is 23.8 Å². The maximum atomic E-state index is 10.3. The van der Waals surface area contributed by atoms with Crippen LogP contribution in [0.5, 0.6) is 28.7 Å². The first-order valence-electron chi connectivity index (χ1n) is 9.06. The second-order valence-corrected chi connectivity index (χ2v) is 6.70. The van der Waals surface area contributed by atoms with Crippen LogP contribution in [0.3, 0.4) is 0 Å². The molecule has 0 saturated heterocycles. The summed E-state index contributed by atoms with van der Waals surface area (Å²) >= 11 is 0. The van der Waals surface area contributed by atoms with Crippen LogP contribution in [0, 0.1) is 0 Å². The smallest absolute Gasteiger partial charge is 0.203 e. The Morgan fingerprint density at radius 2 is 1.64 bits per heavy atom. The topological polar surface area (TPSA) is 88.7 Å². The van der Waals surface area contributed by atoms with Gasteiger partial charge in [0.15, 0.2) is 23.0 Å². The number of phenolic OH excluding ortho intramolecular Hbond substituents is 1. The Hall–Kier alpha value is -2.64. The lowest BCUT2D eigenvalue weighted by Crippen LogP contribution is -2.15. The lowest BCUT2D eigenvalue weighted by atomic mass is 9.85. The summed E-state index contributed by atoms with van der Waals surface area (Å²) in [5, 5.41) is 10.3. The molecule has 0 aliphatic heterocycles. The molecule has 0 bridgehead atoms. The molecule has 2 unspecified atom stereocenters. The van der Waals surface area contributed by atoms with Crippen molar-refractivity contribution in [2.45, 2.75) is 31.3 Å². The van der Waals surface area contributed by atoms with Gasteiger partial charge in [0.25, 0.3) is 0 Å². The molecule has 1 N–H and O–H groups in total. The zero-order valence-corrected chi connectivity index (χ0v) is 16.5. The van der Waals surface area contributed by atoms with E-state index in [1.165, 1.54) is 7.11 Å². The van der Waals surface area contributed by atoms with Crippen LogP contribution in [-0.2, 0) is 11.3 Å². The number of rotatable bonds is 6. The molecular weight excluding hydrogens is 362 g/mol. The molecule has 0 amide bonds. The molecule has 150 valence electrons. The third-order valence-corrected chi connectivity index (χ3v) is 5.29. The van der Waals surface area contributed by atoms with Crippen LogP contribution in [0.25, 0.3) is 0 Å². The first-order chi connectivity index (χ1) is 13.6. The lowest BCUT2D eigenvalue weighted by Gasteiger charge is -2.25. The monoisotopic (exact) mass is 387 g/mol. The zero-order chi connectivity index (χ0) is 20.3. The Morgan fingerprint density at radius 3 is 2.21 bits per heavy atom. The van der Waals surface area contributed by atoms with Gasteiger partial charge in [0.1, 0.15) is 0 Å². The van der Waals surface area contributed by atoms with Crippen molar-refractivity contribution in [3.8, 4) is 28.7 Å². The molecule has 7 nitrogen and oxygen atoms in total. The maximum absolute atomic E-state index is 10.3. The summed E-state index contributed by atoms with van der Waals surface area (Å²) in [6.45, 7) is 0. The molecule has 2 atom stereocenters. The number of phenols is 1. The fourth-order valence-electron chi connectivity index (χ4n) is 3.96. The Bertz CT molecular complexity index is 838. The molecule has 2 radical (unpaired) electrons. The van der Waals surface area contributed by atoms with Gasteiger partial charge in [0, 0.05) is 17.4 Å². The van der Waals surface area contributed by atoms with E-state index in [2.05, 4.69) is 0 Å². The third kappa shape index (κ3) is 3.55. The van der Waals surface area contributed by atoms with Gasteiger partial charge < -0.3 is 24.1 Å². The first-order valence-corrected chi connectivity index (χ1v) is 9.06. The summed E-state index contributed by atoms with van der Waals surface area (Å²) in [5.41, 5.74) is 2.81. The van der Waals surface area contributed by atoms with Crippen LogP contribution in [0.15, 0.2) is 24.3 Å². The van der Waals surface area contributed by atoms with E-state index in [9.17, 15) is 11.0 Å². The minimum Gasteiger partial charge on any atom is -0.504 e. The Balaban J connectivity index is 2.23. The Labute approximate surface area is 164 Å². The van der Waals surface area contributed by atoms with Gasteiger partial charge in [-0.2, -0.15) is 0 Å². The van der Waals surface area contributed by atoms with E-state index in [1.807, 2.05) is 12.1 Å². The summed E-state index contributed by atoms with van der Waals surface area (Å²) < 4.78 is 21.9. The Kier molecular flexibility index (Phi) is 6.16. The third-order valence-electron chi connectivity index (χ3n) is 5.29. The van der Waals surface area contributed by atoms with E-state index in [0.29, 0.717) is 42.3 Å². The summed E-state index contributed by atoms with van der Waals surface area (Å²) in [4.78, 5) is 4.73. The van der Waals surface area contributed by atoms with Crippen molar-refractivity contribution >= 4 is 0 Å². The Morgan fingerprint density at radius 1 is 0.929 bits per heavy atom. The molecule has 28 heavy (non-hydrogen) atoms. The minimum absolute atomic E-state index is 0.0479. The van der Waals surface area contributed by atoms with Crippen molar-refractivity contribution in [3.63, 3.8) is 0 Å². The molecule has 0 heterocycles.